The molecule has 3 heterocycles. The van der Waals surface area contributed by atoms with E-state index in [0.29, 0.717) is 50.8 Å². The number of nitrogens with one attached hydrogen (secondary N) is 1. The van der Waals surface area contributed by atoms with Gasteiger partial charge in [-0.15, -0.1) is 13.2 Å². The Morgan fingerprint density at radius 1 is 1.19 bits per heavy atom. The Morgan fingerprint density at radius 2 is 1.96 bits per heavy atom. The van der Waals surface area contributed by atoms with Gasteiger partial charge in [0.25, 0.3) is 0 Å². The highest BCUT2D eigenvalue weighted by atomic mass is 16.6. The number of hydrogen-bond acceptors (Lipinski definition) is 8. The van der Waals surface area contributed by atoms with Crippen LogP contribution in [0.1, 0.15) is 70.0 Å². The molecule has 3 aliphatic heterocycles. The van der Waals surface area contributed by atoms with E-state index < -0.39 is 47.7 Å². The van der Waals surface area contributed by atoms with Crippen LogP contribution in [0.15, 0.2) is 55.6 Å². The summed E-state index contributed by atoms with van der Waals surface area (Å²) in [7, 11) is 1.51. The summed E-state index contributed by atoms with van der Waals surface area (Å²) in [6.07, 6.45) is 6.20. The molecule has 0 saturated carbocycles. The summed E-state index contributed by atoms with van der Waals surface area (Å²) in [6, 6.07) is 7.53. The standard InChI is InChI=1S/C36H51N3O8/c1-5-8-17-28(41)37-26(24-45-4)31(25-15-11-10-12-16-25)46-35(44)29-27-18-19-36(47-27)30(29)33(42)39(22-13-14-23-40)32(36)34(43)38(20-7-3)21-9-6-2/h5,7,10-12,15-16,26-27,29-32,40H,1,3,6,8-9,13-14,17-24H2,2,4H3,(H,37,41)/t26-,27+,29-,30-,31-,32+,36-/m1/s1. The second-order valence-electron chi connectivity index (χ2n) is 12.7. The van der Waals surface area contributed by atoms with Crippen LogP contribution < -0.4 is 5.32 Å². The van der Waals surface area contributed by atoms with Gasteiger partial charge in [0.05, 0.1) is 30.6 Å². The van der Waals surface area contributed by atoms with Gasteiger partial charge in [0.2, 0.25) is 17.7 Å². The number of allylic oxidation sites excluding steroid dienone is 1. The molecule has 258 valence electrons. The van der Waals surface area contributed by atoms with E-state index in [2.05, 4.69) is 25.4 Å². The van der Waals surface area contributed by atoms with Gasteiger partial charge in [-0.2, -0.15) is 0 Å². The van der Waals surface area contributed by atoms with E-state index in [-0.39, 0.29) is 43.9 Å². The van der Waals surface area contributed by atoms with Gasteiger partial charge in [0, 0.05) is 39.8 Å². The van der Waals surface area contributed by atoms with E-state index in [0.717, 1.165) is 12.8 Å². The number of unbranched alkanes of at least 4 members (excludes halogenated alkanes) is 2. The maximum absolute atomic E-state index is 14.3. The number of benzene rings is 1. The second-order valence-corrected chi connectivity index (χ2v) is 12.7. The zero-order valence-corrected chi connectivity index (χ0v) is 27.8. The number of likely N-dealkylation sites (tertiary alicyclic amines) is 1. The SMILES string of the molecule is C=CCCC(=O)N[C@H](COC)[C@H](OC(=O)[C@@H]1[C@@H]2CC[C@]3(O2)[C@H](C(=O)N(CC=C)CCCC)N(CCCCO)C(=O)[C@@H]13)c1ccccc1. The summed E-state index contributed by atoms with van der Waals surface area (Å²) in [4.78, 5) is 59.0. The molecule has 1 spiro atoms. The number of methoxy groups -OCH3 is 1. The molecule has 3 fully saturated rings. The van der Waals surface area contributed by atoms with Crippen LogP contribution in [0.25, 0.3) is 0 Å². The van der Waals surface area contributed by atoms with E-state index in [1.165, 1.54) is 7.11 Å². The van der Waals surface area contributed by atoms with Crippen LogP contribution in [0.4, 0.5) is 0 Å². The minimum Gasteiger partial charge on any atom is -0.455 e. The maximum atomic E-state index is 14.3. The smallest absolute Gasteiger partial charge is 0.313 e. The lowest BCUT2D eigenvalue weighted by molar-refractivity contribution is -0.163. The number of amides is 3. The number of aliphatic hydroxyl groups is 1. The van der Waals surface area contributed by atoms with Gasteiger partial charge in [-0.05, 0) is 44.1 Å². The van der Waals surface area contributed by atoms with Gasteiger partial charge in [0.15, 0.2) is 0 Å². The van der Waals surface area contributed by atoms with Crippen LogP contribution in [0.3, 0.4) is 0 Å². The highest BCUT2D eigenvalue weighted by Crippen LogP contribution is 2.59. The van der Waals surface area contributed by atoms with E-state index in [1.54, 1.807) is 22.0 Å². The normalized spacial score (nSPS) is 25.6. The highest BCUT2D eigenvalue weighted by Gasteiger charge is 2.75. The molecule has 0 unspecified atom stereocenters. The van der Waals surface area contributed by atoms with Crippen LogP contribution in [0.2, 0.25) is 0 Å². The third-order valence-corrected chi connectivity index (χ3v) is 9.56. The van der Waals surface area contributed by atoms with Gasteiger partial charge < -0.3 is 34.4 Å². The molecule has 2 N–H and O–H groups in total. The number of ether oxygens (including phenoxy) is 3. The topological polar surface area (TPSA) is 135 Å². The summed E-state index contributed by atoms with van der Waals surface area (Å²) in [5.74, 6) is -3.18. The highest BCUT2D eigenvalue weighted by molar-refractivity contribution is 5.98. The molecule has 11 nitrogen and oxygen atoms in total. The molecule has 3 saturated heterocycles. The first kappa shape index (κ1) is 36.3. The van der Waals surface area contributed by atoms with Gasteiger partial charge in [0.1, 0.15) is 17.7 Å². The maximum Gasteiger partial charge on any atom is 0.313 e. The average molecular weight is 654 g/mol. The molecule has 7 atom stereocenters. The van der Waals surface area contributed by atoms with Gasteiger partial charge in [-0.1, -0.05) is 55.8 Å². The molecule has 11 heteroatoms. The number of nitrogens with zero attached hydrogens (tertiary/aromatic N) is 2. The zero-order valence-electron chi connectivity index (χ0n) is 27.8. The van der Waals surface area contributed by atoms with Gasteiger partial charge in [-0.25, -0.2) is 0 Å². The summed E-state index contributed by atoms with van der Waals surface area (Å²) in [5.41, 5.74) is -0.501. The molecule has 1 aromatic rings. The fourth-order valence-electron chi connectivity index (χ4n) is 7.43. The number of carbonyl (C=O) groups is 4. The van der Waals surface area contributed by atoms with E-state index in [9.17, 15) is 24.3 Å². The Labute approximate surface area is 278 Å². The van der Waals surface area contributed by atoms with Crippen LogP contribution in [0, 0.1) is 11.8 Å². The number of aliphatic hydroxyl groups excluding tert-OH is 1. The lowest BCUT2D eigenvalue weighted by atomic mass is 9.70. The first-order valence-corrected chi connectivity index (χ1v) is 16.9. The molecule has 1 aromatic carbocycles. The number of carbonyl (C=O) groups excluding carboxylic acids is 4. The predicted octanol–water partition coefficient (Wildman–Crippen LogP) is 3.33. The molecule has 0 aromatic heterocycles. The van der Waals surface area contributed by atoms with Crippen molar-refractivity contribution in [2.45, 2.75) is 88.2 Å². The van der Waals surface area contributed by atoms with Crippen LogP contribution >= 0.6 is 0 Å². The number of hydrogen-bond donors (Lipinski definition) is 2. The number of esters is 1. The lowest BCUT2D eigenvalue weighted by Gasteiger charge is -2.37. The lowest BCUT2D eigenvalue weighted by Crippen LogP contribution is -2.56. The molecule has 3 aliphatic rings. The minimum absolute atomic E-state index is 0.0323. The molecular weight excluding hydrogens is 602 g/mol. The fourth-order valence-corrected chi connectivity index (χ4v) is 7.43. The van der Waals surface area contributed by atoms with Crippen molar-refractivity contribution in [3.63, 3.8) is 0 Å². The number of rotatable bonds is 20. The first-order valence-electron chi connectivity index (χ1n) is 16.9. The van der Waals surface area contributed by atoms with Crippen molar-refractivity contribution in [2.24, 2.45) is 11.8 Å². The minimum atomic E-state index is -1.17. The van der Waals surface area contributed by atoms with Crippen molar-refractivity contribution in [1.29, 1.82) is 0 Å². The molecular formula is C36H51N3O8. The Hall–Kier alpha value is -3.54. The van der Waals surface area contributed by atoms with Crippen molar-refractivity contribution in [3.05, 3.63) is 61.2 Å². The third kappa shape index (κ3) is 7.79. The van der Waals surface area contributed by atoms with Crippen molar-refractivity contribution in [3.8, 4) is 0 Å². The van der Waals surface area contributed by atoms with Crippen LogP contribution in [-0.4, -0.2) is 102 Å². The molecule has 0 aliphatic carbocycles. The Morgan fingerprint density at radius 3 is 2.62 bits per heavy atom. The Bertz CT molecular complexity index is 1260. The summed E-state index contributed by atoms with van der Waals surface area (Å²) >= 11 is 0. The summed E-state index contributed by atoms with van der Waals surface area (Å²) < 4.78 is 18.3. The monoisotopic (exact) mass is 653 g/mol. The molecule has 47 heavy (non-hydrogen) atoms. The fraction of sp³-hybridized carbons (Fsp3) is 0.611. The zero-order chi connectivity index (χ0) is 34.0. The second kappa shape index (κ2) is 17.0. The van der Waals surface area contributed by atoms with E-state index in [1.807, 2.05) is 30.3 Å². The predicted molar refractivity (Wildman–Crippen MR) is 176 cm³/mol. The Kier molecular flexibility index (Phi) is 13.2. The molecule has 3 amide bonds. The molecule has 0 radical (unpaired) electrons. The van der Waals surface area contributed by atoms with Crippen molar-refractivity contribution in [1.82, 2.24) is 15.1 Å². The van der Waals surface area contributed by atoms with Crippen molar-refractivity contribution in [2.75, 3.05) is 40.0 Å². The average Bonchev–Trinajstić information content (AvgIpc) is 3.72. The van der Waals surface area contributed by atoms with E-state index in [4.69, 9.17) is 14.2 Å². The van der Waals surface area contributed by atoms with E-state index >= 15 is 0 Å². The number of fused-ring (bicyclic) bond motifs is 1. The summed E-state index contributed by atoms with van der Waals surface area (Å²) in [6.45, 7) is 10.7. The van der Waals surface area contributed by atoms with Gasteiger partial charge in [-0.3, -0.25) is 19.2 Å². The molecule has 4 rings (SSSR count). The Balaban J connectivity index is 1.67. The molecule has 2 bridgehead atoms. The summed E-state index contributed by atoms with van der Waals surface area (Å²) in [5, 5.41) is 12.4. The van der Waals surface area contributed by atoms with Gasteiger partial charge >= 0.3 is 5.97 Å². The van der Waals surface area contributed by atoms with Crippen LogP contribution in [0.5, 0.6) is 0 Å². The largest absolute Gasteiger partial charge is 0.455 e. The van der Waals surface area contributed by atoms with Crippen molar-refractivity contribution < 1.29 is 38.5 Å². The first-order chi connectivity index (χ1) is 22.8. The van der Waals surface area contributed by atoms with Crippen LogP contribution in [-0.2, 0) is 33.4 Å². The van der Waals surface area contributed by atoms with Crippen molar-refractivity contribution >= 4 is 23.7 Å². The quantitative estimate of drug-likeness (QED) is 0.124. The third-order valence-electron chi connectivity index (χ3n) is 9.56.